The van der Waals surface area contributed by atoms with Gasteiger partial charge in [-0.15, -0.1) is 0 Å². The highest BCUT2D eigenvalue weighted by Gasteiger charge is 2.26. The Morgan fingerprint density at radius 3 is 2.83 bits per heavy atom. The Labute approximate surface area is 146 Å². The van der Waals surface area contributed by atoms with E-state index in [1.54, 1.807) is 18.2 Å². The monoisotopic (exact) mass is 348 g/mol. The van der Waals surface area contributed by atoms with Crippen LogP contribution in [-0.4, -0.2) is 24.4 Å². The number of hydrogen-bond acceptors (Lipinski definition) is 2. The highest BCUT2D eigenvalue weighted by Crippen LogP contribution is 2.35. The van der Waals surface area contributed by atoms with E-state index < -0.39 is 0 Å². The summed E-state index contributed by atoms with van der Waals surface area (Å²) in [4.78, 5) is 14.4. The van der Waals surface area contributed by atoms with Crippen molar-refractivity contribution in [3.63, 3.8) is 0 Å². The first-order valence-corrected chi connectivity index (χ1v) is 8.34. The van der Waals surface area contributed by atoms with E-state index in [9.17, 15) is 4.79 Å². The third kappa shape index (κ3) is 3.52. The smallest absolute Gasteiger partial charge is 0.238 e. The molecule has 120 valence electrons. The maximum absolute atomic E-state index is 12.3. The van der Waals surface area contributed by atoms with Crippen LogP contribution < -0.4 is 5.32 Å². The maximum Gasteiger partial charge on any atom is 0.238 e. The minimum absolute atomic E-state index is 0.0963. The second-order valence-electron chi connectivity index (χ2n) is 5.82. The van der Waals surface area contributed by atoms with Gasteiger partial charge in [-0.2, -0.15) is 0 Å². The molecule has 0 spiro atoms. The molecule has 0 aromatic heterocycles. The summed E-state index contributed by atoms with van der Waals surface area (Å²) in [5, 5.41) is 3.64. The van der Waals surface area contributed by atoms with Crippen LogP contribution in [0, 0.1) is 0 Å². The molecule has 1 atom stereocenters. The van der Waals surface area contributed by atoms with Crippen molar-refractivity contribution >= 4 is 34.8 Å². The van der Waals surface area contributed by atoms with Crippen LogP contribution >= 0.6 is 23.2 Å². The Kier molecular flexibility index (Phi) is 4.90. The van der Waals surface area contributed by atoms with Crippen LogP contribution in [-0.2, 0) is 11.2 Å². The lowest BCUT2D eigenvalue weighted by Crippen LogP contribution is -2.32. The zero-order valence-electron chi connectivity index (χ0n) is 12.9. The largest absolute Gasteiger partial charge is 0.324 e. The first-order valence-electron chi connectivity index (χ1n) is 7.58. The van der Waals surface area contributed by atoms with Crippen LogP contribution in [0.1, 0.15) is 23.6 Å². The quantitative estimate of drug-likeness (QED) is 0.878. The van der Waals surface area contributed by atoms with Crippen molar-refractivity contribution in [2.24, 2.45) is 0 Å². The topological polar surface area (TPSA) is 32.3 Å². The average Bonchev–Trinajstić information content (AvgIpc) is 2.96. The highest BCUT2D eigenvalue weighted by atomic mass is 35.5. The highest BCUT2D eigenvalue weighted by molar-refractivity contribution is 6.43. The molecule has 5 heteroatoms. The Hall–Kier alpha value is -1.55. The second-order valence-corrected chi connectivity index (χ2v) is 6.60. The molecule has 1 N–H and O–H groups in total. The Morgan fingerprint density at radius 1 is 1.22 bits per heavy atom. The van der Waals surface area contributed by atoms with Gasteiger partial charge in [-0.25, -0.2) is 0 Å². The second kappa shape index (κ2) is 6.91. The predicted molar refractivity (Wildman–Crippen MR) is 95.2 cm³/mol. The number of nitrogens with one attached hydrogen (secondary N) is 1. The number of carbonyl (C=O) groups is 1. The van der Waals surface area contributed by atoms with Gasteiger partial charge in [0.1, 0.15) is 0 Å². The first kappa shape index (κ1) is 16.3. The summed E-state index contributed by atoms with van der Waals surface area (Å²) in [7, 11) is 1.98. The van der Waals surface area contributed by atoms with Crippen LogP contribution in [0.5, 0.6) is 0 Å². The molecule has 0 fully saturated rings. The van der Waals surface area contributed by atoms with Gasteiger partial charge < -0.3 is 5.32 Å². The number of benzene rings is 2. The van der Waals surface area contributed by atoms with E-state index in [0.717, 1.165) is 12.8 Å². The first-order chi connectivity index (χ1) is 11.1. The van der Waals surface area contributed by atoms with Crippen LogP contribution in [0.15, 0.2) is 42.5 Å². The Morgan fingerprint density at radius 2 is 2.00 bits per heavy atom. The van der Waals surface area contributed by atoms with Gasteiger partial charge >= 0.3 is 0 Å². The third-order valence-corrected chi connectivity index (χ3v) is 5.07. The molecule has 0 bridgehead atoms. The minimum atomic E-state index is -0.0963. The molecule has 1 aliphatic rings. The lowest BCUT2D eigenvalue weighted by Gasteiger charge is -2.24. The standard InChI is InChI=1S/C18H18Cl2N2O/c1-22(16-10-9-12-5-2-3-6-13(12)16)11-17(23)21-15-8-4-7-14(19)18(15)20/h2-8,16H,9-11H2,1H3,(H,21,23)/t16-/m1/s1. The average molecular weight is 349 g/mol. The van der Waals surface area contributed by atoms with Gasteiger partial charge in [0.2, 0.25) is 5.91 Å². The van der Waals surface area contributed by atoms with Gasteiger partial charge in [-0.3, -0.25) is 9.69 Å². The van der Waals surface area contributed by atoms with Gasteiger partial charge in [-0.05, 0) is 43.1 Å². The molecule has 0 saturated carbocycles. The predicted octanol–water partition coefficient (Wildman–Crippen LogP) is 4.55. The number of amides is 1. The van der Waals surface area contributed by atoms with Gasteiger partial charge in [0, 0.05) is 6.04 Å². The molecule has 0 radical (unpaired) electrons. The number of carbonyl (C=O) groups excluding carboxylic acids is 1. The molecule has 0 aliphatic heterocycles. The number of nitrogens with zero attached hydrogens (tertiary/aromatic N) is 1. The summed E-state index contributed by atoms with van der Waals surface area (Å²) >= 11 is 12.1. The fraction of sp³-hybridized carbons (Fsp3) is 0.278. The molecule has 2 aromatic carbocycles. The van der Waals surface area contributed by atoms with Crippen molar-refractivity contribution in [2.75, 3.05) is 18.9 Å². The fourth-order valence-electron chi connectivity index (χ4n) is 3.12. The van der Waals surface area contributed by atoms with Crippen molar-refractivity contribution in [1.82, 2.24) is 4.90 Å². The van der Waals surface area contributed by atoms with Crippen LogP contribution in [0.4, 0.5) is 5.69 Å². The van der Waals surface area contributed by atoms with E-state index in [4.69, 9.17) is 23.2 Å². The van der Waals surface area contributed by atoms with E-state index in [-0.39, 0.29) is 11.9 Å². The normalized spacial score (nSPS) is 16.4. The van der Waals surface area contributed by atoms with Crippen molar-refractivity contribution in [3.05, 3.63) is 63.6 Å². The van der Waals surface area contributed by atoms with Crippen molar-refractivity contribution < 1.29 is 4.79 Å². The van der Waals surface area contributed by atoms with E-state index >= 15 is 0 Å². The van der Waals surface area contributed by atoms with Gasteiger partial charge in [0.05, 0.1) is 22.3 Å². The number of hydrogen-bond donors (Lipinski definition) is 1. The molecule has 0 saturated heterocycles. The summed E-state index contributed by atoms with van der Waals surface area (Å²) in [6.45, 7) is 0.307. The Bertz CT molecular complexity index is 733. The summed E-state index contributed by atoms with van der Waals surface area (Å²) in [6.07, 6.45) is 2.11. The number of likely N-dealkylation sites (N-methyl/N-ethyl adjacent to an activating group) is 1. The lowest BCUT2D eigenvalue weighted by molar-refractivity contribution is -0.117. The third-order valence-electron chi connectivity index (χ3n) is 4.25. The molecule has 23 heavy (non-hydrogen) atoms. The number of rotatable bonds is 4. The zero-order valence-corrected chi connectivity index (χ0v) is 14.4. The number of halogens is 2. The lowest BCUT2D eigenvalue weighted by atomic mass is 10.1. The molecular weight excluding hydrogens is 331 g/mol. The maximum atomic E-state index is 12.3. The summed E-state index contributed by atoms with van der Waals surface area (Å²) in [6, 6.07) is 13.9. The fourth-order valence-corrected chi connectivity index (χ4v) is 3.47. The molecule has 2 aromatic rings. The van der Waals surface area contributed by atoms with Crippen LogP contribution in [0.3, 0.4) is 0 Å². The number of aryl methyl sites for hydroxylation is 1. The summed E-state index contributed by atoms with van der Waals surface area (Å²) in [5.41, 5.74) is 3.25. The number of anilines is 1. The Balaban J connectivity index is 1.65. The summed E-state index contributed by atoms with van der Waals surface area (Å²) in [5.74, 6) is -0.0963. The van der Waals surface area contributed by atoms with E-state index in [1.807, 2.05) is 7.05 Å². The molecule has 0 unspecified atom stereocenters. The van der Waals surface area contributed by atoms with Crippen LogP contribution in [0.25, 0.3) is 0 Å². The van der Waals surface area contributed by atoms with E-state index in [1.165, 1.54) is 11.1 Å². The molecule has 3 nitrogen and oxygen atoms in total. The van der Waals surface area contributed by atoms with Gasteiger partial charge in [0.15, 0.2) is 0 Å². The SMILES string of the molecule is CN(CC(=O)Nc1cccc(Cl)c1Cl)[C@@H]1CCc2ccccc21. The molecule has 1 amide bonds. The number of fused-ring (bicyclic) bond motifs is 1. The molecule has 3 rings (SSSR count). The molecular formula is C18H18Cl2N2O. The zero-order chi connectivity index (χ0) is 16.4. The van der Waals surface area contributed by atoms with Gasteiger partial charge in [-0.1, -0.05) is 53.5 Å². The minimum Gasteiger partial charge on any atom is -0.324 e. The van der Waals surface area contributed by atoms with E-state index in [2.05, 4.69) is 34.5 Å². The van der Waals surface area contributed by atoms with E-state index in [0.29, 0.717) is 22.3 Å². The van der Waals surface area contributed by atoms with Crippen molar-refractivity contribution in [2.45, 2.75) is 18.9 Å². The molecule has 1 aliphatic carbocycles. The van der Waals surface area contributed by atoms with Crippen LogP contribution in [0.2, 0.25) is 10.0 Å². The molecule has 0 heterocycles. The summed E-state index contributed by atoms with van der Waals surface area (Å²) < 4.78 is 0. The van der Waals surface area contributed by atoms with Gasteiger partial charge in [0.25, 0.3) is 0 Å². The van der Waals surface area contributed by atoms with Crippen molar-refractivity contribution in [3.8, 4) is 0 Å². The van der Waals surface area contributed by atoms with Crippen molar-refractivity contribution in [1.29, 1.82) is 0 Å².